The van der Waals surface area contributed by atoms with E-state index in [4.69, 9.17) is 0 Å². The van der Waals surface area contributed by atoms with Crippen LogP contribution in [0.1, 0.15) is 11.1 Å². The van der Waals surface area contributed by atoms with Crippen molar-refractivity contribution in [1.29, 1.82) is 0 Å². The highest BCUT2D eigenvalue weighted by atomic mass is 15.1. The molecule has 0 saturated carbocycles. The molecule has 0 saturated heterocycles. The van der Waals surface area contributed by atoms with Crippen molar-refractivity contribution in [3.63, 3.8) is 0 Å². The lowest BCUT2D eigenvalue weighted by atomic mass is 9.95. The Morgan fingerprint density at radius 3 is 1.52 bits per heavy atom. The van der Waals surface area contributed by atoms with E-state index in [0.717, 1.165) is 55.9 Å². The molecule has 9 aromatic rings. The van der Waals surface area contributed by atoms with Crippen molar-refractivity contribution in [2.75, 3.05) is 4.90 Å². The van der Waals surface area contributed by atoms with Gasteiger partial charge in [-0.25, -0.2) is 0 Å². The number of rotatable bonds is 10. The van der Waals surface area contributed by atoms with E-state index in [2.05, 4.69) is 240 Å². The molecule has 1 heterocycles. The molecule has 0 aliphatic heterocycles. The Hall–Kier alpha value is -8.12. The van der Waals surface area contributed by atoms with Crippen LogP contribution in [0, 0.1) is 0 Å². The third kappa shape index (κ3) is 6.85. The summed E-state index contributed by atoms with van der Waals surface area (Å²) < 4.78 is 2.44. The molecule has 0 spiro atoms. The number of benzene rings is 8. The molecule has 0 atom stereocenters. The fraction of sp³-hybridized carbons (Fsp3) is 0. The number of hydrogen-bond donors (Lipinski definition) is 0. The van der Waals surface area contributed by atoms with Gasteiger partial charge in [-0.3, -0.25) is 0 Å². The minimum atomic E-state index is 1.04. The van der Waals surface area contributed by atoms with Crippen LogP contribution in [-0.2, 0) is 0 Å². The minimum absolute atomic E-state index is 1.04. The maximum Gasteiger partial charge on any atom is 0.0568 e. The normalized spacial score (nSPS) is 11.9. The second-order valence-corrected chi connectivity index (χ2v) is 14.9. The molecule has 0 unspecified atom stereocenters. The highest BCUT2D eigenvalue weighted by molar-refractivity contribution is 6.16. The largest absolute Gasteiger partial charge is 0.316 e. The van der Waals surface area contributed by atoms with Gasteiger partial charge in [-0.1, -0.05) is 182 Å². The van der Waals surface area contributed by atoms with Crippen molar-refractivity contribution in [2.24, 2.45) is 0 Å². The third-order valence-corrected chi connectivity index (χ3v) is 11.3. The Morgan fingerprint density at radius 2 is 0.933 bits per heavy atom. The highest BCUT2D eigenvalue weighted by Gasteiger charge is 2.23. The van der Waals surface area contributed by atoms with Crippen molar-refractivity contribution >= 4 is 45.3 Å². The van der Waals surface area contributed by atoms with Gasteiger partial charge in [-0.2, -0.15) is 0 Å². The predicted molar refractivity (Wildman–Crippen MR) is 256 cm³/mol. The van der Waals surface area contributed by atoms with Gasteiger partial charge in [0.15, 0.2) is 0 Å². The van der Waals surface area contributed by atoms with Crippen LogP contribution in [0.15, 0.2) is 237 Å². The van der Waals surface area contributed by atoms with Gasteiger partial charge in [0.2, 0.25) is 0 Å². The molecule has 2 nitrogen and oxygen atoms in total. The van der Waals surface area contributed by atoms with Crippen LogP contribution < -0.4 is 4.90 Å². The second-order valence-electron chi connectivity index (χ2n) is 14.9. The molecular formula is C58H40N2. The van der Waals surface area contributed by atoms with Crippen LogP contribution in [0.5, 0.6) is 0 Å². The van der Waals surface area contributed by atoms with Gasteiger partial charge >= 0.3 is 0 Å². The standard InChI is InChI=1S/C58H40N2/c1-2-3-4-18-37-59(50-35-33-47(34-36-50)46-31-29-45(30-32-46)42-19-8-5-9-20-42)56-41-57-58(53-26-15-14-25-52(53)56)54-27-16-17-28-55(54)60(57)51-39-48(43-21-10-6-11-22-43)38-49(40-51)44-23-12-7-13-24-44/h2-13,16-41H,1H2/b4-3-,37-18-. The summed E-state index contributed by atoms with van der Waals surface area (Å²) in [5.41, 5.74) is 23.7. The molecule has 8 aromatic carbocycles. The van der Waals surface area contributed by atoms with Crippen LogP contribution in [-0.4, -0.2) is 4.57 Å². The minimum Gasteiger partial charge on any atom is -0.316 e. The number of para-hydroxylation sites is 1. The molecule has 1 aliphatic carbocycles. The first-order valence-corrected chi connectivity index (χ1v) is 20.3. The van der Waals surface area contributed by atoms with E-state index in [-0.39, 0.29) is 0 Å². The van der Waals surface area contributed by atoms with Crippen molar-refractivity contribution < 1.29 is 0 Å². The summed E-state index contributed by atoms with van der Waals surface area (Å²) in [6, 6.07) is 67.6. The van der Waals surface area contributed by atoms with E-state index < -0.39 is 0 Å². The Kier molecular flexibility index (Phi) is 9.68. The van der Waals surface area contributed by atoms with Gasteiger partial charge in [0, 0.05) is 39.5 Å². The summed E-state index contributed by atoms with van der Waals surface area (Å²) in [5.74, 6) is 0. The highest BCUT2D eigenvalue weighted by Crippen LogP contribution is 2.44. The Labute approximate surface area is 351 Å². The van der Waals surface area contributed by atoms with Gasteiger partial charge in [0.1, 0.15) is 0 Å². The molecule has 10 rings (SSSR count). The molecule has 0 radical (unpaired) electrons. The average Bonchev–Trinajstić information content (AvgIpc) is 3.67. The monoisotopic (exact) mass is 764 g/mol. The first-order chi connectivity index (χ1) is 29.7. The summed E-state index contributed by atoms with van der Waals surface area (Å²) in [6.07, 6.45) is 14.1. The lowest BCUT2D eigenvalue weighted by Crippen LogP contribution is -2.11. The maximum absolute atomic E-state index is 3.90. The molecular weight excluding hydrogens is 725 g/mol. The topological polar surface area (TPSA) is 8.17 Å². The smallest absolute Gasteiger partial charge is 0.0568 e. The average molecular weight is 765 g/mol. The molecule has 0 bridgehead atoms. The number of nitrogens with zero attached hydrogens (tertiary/aromatic N) is 2. The summed E-state index contributed by atoms with van der Waals surface area (Å²) in [5, 5.41) is 2.37. The maximum atomic E-state index is 3.90. The zero-order chi connectivity index (χ0) is 40.3. The second kappa shape index (κ2) is 16.0. The zero-order valence-corrected chi connectivity index (χ0v) is 33.0. The Bertz CT molecular complexity index is 3130. The predicted octanol–water partition coefficient (Wildman–Crippen LogP) is 15.6. The third-order valence-electron chi connectivity index (χ3n) is 11.3. The summed E-state index contributed by atoms with van der Waals surface area (Å²) in [6.45, 7) is 3.90. The summed E-state index contributed by atoms with van der Waals surface area (Å²) >= 11 is 0. The molecule has 0 fully saturated rings. The van der Waals surface area contributed by atoms with E-state index in [1.807, 2.05) is 12.2 Å². The van der Waals surface area contributed by atoms with E-state index in [9.17, 15) is 0 Å². The van der Waals surface area contributed by atoms with E-state index >= 15 is 0 Å². The van der Waals surface area contributed by atoms with Gasteiger partial charge in [-0.15, -0.1) is 0 Å². The zero-order valence-electron chi connectivity index (χ0n) is 33.0. The van der Waals surface area contributed by atoms with Crippen LogP contribution in [0.25, 0.3) is 84.2 Å². The lowest BCUT2D eigenvalue weighted by molar-refractivity contribution is 1.18. The summed E-state index contributed by atoms with van der Waals surface area (Å²) in [7, 11) is 0. The number of hydrogen-bond acceptors (Lipinski definition) is 1. The first kappa shape index (κ1) is 36.2. The lowest BCUT2D eigenvalue weighted by Gasteiger charge is -2.25. The van der Waals surface area contributed by atoms with Crippen LogP contribution >= 0.6 is 0 Å². The van der Waals surface area contributed by atoms with Crippen LogP contribution in [0.4, 0.5) is 11.4 Å². The Balaban J connectivity index is 1.17. The molecule has 60 heavy (non-hydrogen) atoms. The number of aromatic nitrogens is 1. The van der Waals surface area contributed by atoms with Gasteiger partial charge in [0.05, 0.1) is 16.7 Å². The van der Waals surface area contributed by atoms with E-state index in [0.29, 0.717) is 0 Å². The number of anilines is 2. The van der Waals surface area contributed by atoms with Gasteiger partial charge < -0.3 is 9.47 Å². The molecule has 1 aromatic heterocycles. The van der Waals surface area contributed by atoms with Crippen molar-refractivity contribution in [3.05, 3.63) is 248 Å². The van der Waals surface area contributed by atoms with Crippen molar-refractivity contribution in [1.82, 2.24) is 4.57 Å². The van der Waals surface area contributed by atoms with E-state index in [1.54, 1.807) is 6.08 Å². The SMILES string of the molecule is C=C/C=C\C=C/N(c1ccc(-c2ccc(-c3ccccc3)cc2)cc1)c1cc2c(c3c1C=C=C=C3)c1ccccc1n2-c1cc(-c2ccccc2)cc(-c2ccccc2)c1. The molecule has 2 heteroatoms. The van der Waals surface area contributed by atoms with Gasteiger partial charge in [0.25, 0.3) is 0 Å². The molecule has 0 N–H and O–H groups in total. The molecule has 0 amide bonds. The fourth-order valence-electron chi connectivity index (χ4n) is 8.38. The summed E-state index contributed by atoms with van der Waals surface area (Å²) in [4.78, 5) is 2.28. The van der Waals surface area contributed by atoms with Crippen molar-refractivity contribution in [2.45, 2.75) is 0 Å². The Morgan fingerprint density at radius 1 is 0.433 bits per heavy atom. The van der Waals surface area contributed by atoms with Gasteiger partial charge in [-0.05, 0) is 105 Å². The van der Waals surface area contributed by atoms with E-state index in [1.165, 1.54) is 38.6 Å². The van der Waals surface area contributed by atoms with Crippen LogP contribution in [0.2, 0.25) is 0 Å². The quantitative estimate of drug-likeness (QED) is 0.0994. The molecule has 1 aliphatic rings. The molecule has 282 valence electrons. The van der Waals surface area contributed by atoms with Crippen molar-refractivity contribution in [3.8, 4) is 50.2 Å². The fourth-order valence-corrected chi connectivity index (χ4v) is 8.38. The van der Waals surface area contributed by atoms with Crippen LogP contribution in [0.3, 0.4) is 0 Å². The number of allylic oxidation sites excluding steroid dienone is 4. The number of fused-ring (bicyclic) bond motifs is 5. The first-order valence-electron chi connectivity index (χ1n) is 20.3.